The minimum Gasteiger partial charge on any atom is -0.280 e. The lowest BCUT2D eigenvalue weighted by atomic mass is 9.98. The third-order valence-electron chi connectivity index (χ3n) is 3.95. The zero-order valence-corrected chi connectivity index (χ0v) is 12.7. The quantitative estimate of drug-likeness (QED) is 0.517. The molecular formula is C17H16N2O3. The van der Waals surface area contributed by atoms with Crippen molar-refractivity contribution in [3.63, 3.8) is 0 Å². The Labute approximate surface area is 127 Å². The molecule has 0 saturated carbocycles. The molecule has 0 spiro atoms. The van der Waals surface area contributed by atoms with Gasteiger partial charge < -0.3 is 0 Å². The molecular weight excluding hydrogens is 280 g/mol. The predicted molar refractivity (Wildman–Crippen MR) is 86.5 cm³/mol. The van der Waals surface area contributed by atoms with Gasteiger partial charge in [-0.2, -0.15) is 0 Å². The van der Waals surface area contributed by atoms with Crippen LogP contribution in [0.2, 0.25) is 0 Å². The standard InChI is InChI=1S/C17H16N2O3/c1-10(2)13-8-14-12-6-4-5-7-15(12)18(11(3)20)16(14)9-17(13)19(21)22/h4-10H,1-3H3. The molecule has 0 fully saturated rings. The van der Waals surface area contributed by atoms with E-state index in [0.717, 1.165) is 16.3 Å². The van der Waals surface area contributed by atoms with E-state index in [0.29, 0.717) is 11.1 Å². The molecule has 0 N–H and O–H groups in total. The molecule has 5 heteroatoms. The molecule has 0 saturated heterocycles. The number of benzene rings is 2. The number of carbonyl (C=O) groups excluding carboxylic acids is 1. The molecule has 0 aliphatic carbocycles. The van der Waals surface area contributed by atoms with E-state index in [-0.39, 0.29) is 22.4 Å². The molecule has 0 aliphatic rings. The molecule has 1 aromatic heterocycles. The highest BCUT2D eigenvalue weighted by atomic mass is 16.6. The van der Waals surface area contributed by atoms with Crippen LogP contribution in [0.3, 0.4) is 0 Å². The SMILES string of the molecule is CC(=O)n1c2ccccc2c2cc(C(C)C)c([N+](=O)[O-])cc21. The molecule has 3 rings (SSSR count). The van der Waals surface area contributed by atoms with Crippen LogP contribution >= 0.6 is 0 Å². The highest BCUT2D eigenvalue weighted by Crippen LogP contribution is 2.36. The van der Waals surface area contributed by atoms with Crippen LogP contribution in [0.25, 0.3) is 21.8 Å². The minimum absolute atomic E-state index is 0.0317. The lowest BCUT2D eigenvalue weighted by Crippen LogP contribution is -2.05. The van der Waals surface area contributed by atoms with E-state index in [2.05, 4.69) is 0 Å². The van der Waals surface area contributed by atoms with Gasteiger partial charge in [0.25, 0.3) is 5.69 Å². The predicted octanol–water partition coefficient (Wildman–Crippen LogP) is 4.49. The van der Waals surface area contributed by atoms with Gasteiger partial charge in [-0.15, -0.1) is 0 Å². The Morgan fingerprint density at radius 3 is 2.41 bits per heavy atom. The summed E-state index contributed by atoms with van der Waals surface area (Å²) in [6.07, 6.45) is 0. The van der Waals surface area contributed by atoms with Crippen LogP contribution in [-0.4, -0.2) is 15.4 Å². The first-order valence-electron chi connectivity index (χ1n) is 7.14. The molecule has 0 bridgehead atoms. The third-order valence-corrected chi connectivity index (χ3v) is 3.95. The Morgan fingerprint density at radius 1 is 1.14 bits per heavy atom. The lowest BCUT2D eigenvalue weighted by molar-refractivity contribution is -0.385. The topological polar surface area (TPSA) is 65.1 Å². The molecule has 0 atom stereocenters. The van der Waals surface area contributed by atoms with Gasteiger partial charge in [0.1, 0.15) is 0 Å². The van der Waals surface area contributed by atoms with Gasteiger partial charge in [-0.05, 0) is 18.1 Å². The van der Waals surface area contributed by atoms with Crippen molar-refractivity contribution in [2.45, 2.75) is 26.7 Å². The van der Waals surface area contributed by atoms with Crippen molar-refractivity contribution in [3.05, 3.63) is 52.1 Å². The maximum Gasteiger partial charge on any atom is 0.274 e. The number of carbonyl (C=O) groups is 1. The van der Waals surface area contributed by atoms with E-state index in [4.69, 9.17) is 0 Å². The first-order valence-corrected chi connectivity index (χ1v) is 7.14. The molecule has 0 unspecified atom stereocenters. The van der Waals surface area contributed by atoms with Crippen LogP contribution in [0.4, 0.5) is 5.69 Å². The van der Waals surface area contributed by atoms with Gasteiger partial charge in [0.05, 0.1) is 16.0 Å². The number of aromatic nitrogens is 1. The maximum absolute atomic E-state index is 12.0. The smallest absolute Gasteiger partial charge is 0.274 e. The summed E-state index contributed by atoms with van der Waals surface area (Å²) in [5.74, 6) is -0.123. The van der Waals surface area contributed by atoms with Gasteiger partial charge in [-0.1, -0.05) is 32.0 Å². The lowest BCUT2D eigenvalue weighted by Gasteiger charge is -2.08. The van der Waals surface area contributed by atoms with Crippen molar-refractivity contribution < 1.29 is 9.72 Å². The fraction of sp³-hybridized carbons (Fsp3) is 0.235. The summed E-state index contributed by atoms with van der Waals surface area (Å²) in [5, 5.41) is 13.2. The Morgan fingerprint density at radius 2 is 1.82 bits per heavy atom. The van der Waals surface area contributed by atoms with E-state index in [9.17, 15) is 14.9 Å². The van der Waals surface area contributed by atoms with Gasteiger partial charge in [-0.25, -0.2) is 0 Å². The van der Waals surface area contributed by atoms with Crippen molar-refractivity contribution in [1.82, 2.24) is 4.57 Å². The van der Waals surface area contributed by atoms with Gasteiger partial charge >= 0.3 is 0 Å². The summed E-state index contributed by atoms with van der Waals surface area (Å²) in [6.45, 7) is 5.32. The van der Waals surface area contributed by atoms with E-state index in [1.54, 1.807) is 4.57 Å². The number of hydrogen-bond donors (Lipinski definition) is 0. The number of nitro groups is 1. The molecule has 0 radical (unpaired) electrons. The summed E-state index contributed by atoms with van der Waals surface area (Å²) in [5.41, 5.74) is 2.11. The maximum atomic E-state index is 12.0. The van der Waals surface area contributed by atoms with E-state index < -0.39 is 0 Å². The number of fused-ring (bicyclic) bond motifs is 3. The van der Waals surface area contributed by atoms with Gasteiger partial charge in [-0.3, -0.25) is 19.5 Å². The van der Waals surface area contributed by atoms with Crippen LogP contribution in [0, 0.1) is 10.1 Å². The zero-order chi connectivity index (χ0) is 16.0. The molecule has 22 heavy (non-hydrogen) atoms. The monoisotopic (exact) mass is 296 g/mol. The van der Waals surface area contributed by atoms with E-state index in [1.807, 2.05) is 44.2 Å². The van der Waals surface area contributed by atoms with Crippen LogP contribution < -0.4 is 0 Å². The van der Waals surface area contributed by atoms with Crippen molar-refractivity contribution in [1.29, 1.82) is 0 Å². The second-order valence-electron chi connectivity index (χ2n) is 5.71. The minimum atomic E-state index is -0.378. The summed E-state index contributed by atoms with van der Waals surface area (Å²) < 4.78 is 1.54. The third kappa shape index (κ3) is 1.97. The first kappa shape index (κ1) is 14.3. The van der Waals surface area contributed by atoms with Crippen molar-refractivity contribution >= 4 is 33.4 Å². The second-order valence-corrected chi connectivity index (χ2v) is 5.71. The van der Waals surface area contributed by atoms with E-state index >= 15 is 0 Å². The second kappa shape index (κ2) is 4.94. The summed E-state index contributed by atoms with van der Waals surface area (Å²) in [4.78, 5) is 23.0. The van der Waals surface area contributed by atoms with Gasteiger partial charge in [0.2, 0.25) is 5.91 Å². The first-order chi connectivity index (χ1) is 10.4. The molecule has 1 heterocycles. The number of para-hydroxylation sites is 1. The number of nitro benzene ring substituents is 1. The normalized spacial score (nSPS) is 11.5. The Kier molecular flexibility index (Phi) is 3.20. The highest BCUT2D eigenvalue weighted by molar-refractivity contribution is 6.13. The highest BCUT2D eigenvalue weighted by Gasteiger charge is 2.22. The number of rotatable bonds is 2. The Hall–Kier alpha value is -2.69. The molecule has 112 valence electrons. The zero-order valence-electron chi connectivity index (χ0n) is 12.7. The fourth-order valence-electron chi connectivity index (χ4n) is 2.98. The summed E-state index contributed by atoms with van der Waals surface area (Å²) >= 11 is 0. The van der Waals surface area contributed by atoms with Crippen LogP contribution in [0.5, 0.6) is 0 Å². The van der Waals surface area contributed by atoms with Crippen molar-refractivity contribution in [2.24, 2.45) is 0 Å². The molecule has 0 aliphatic heterocycles. The van der Waals surface area contributed by atoms with Crippen molar-refractivity contribution in [3.8, 4) is 0 Å². The average Bonchev–Trinajstić information content (AvgIpc) is 2.79. The molecule has 3 aromatic rings. The number of nitrogens with zero attached hydrogens (tertiary/aromatic N) is 2. The summed E-state index contributed by atoms with van der Waals surface area (Å²) in [6, 6.07) is 10.9. The Balaban J connectivity index is 2.55. The molecule has 0 amide bonds. The van der Waals surface area contributed by atoms with Crippen LogP contribution in [0.15, 0.2) is 36.4 Å². The summed E-state index contributed by atoms with van der Waals surface area (Å²) in [7, 11) is 0. The largest absolute Gasteiger partial charge is 0.280 e. The fourth-order valence-corrected chi connectivity index (χ4v) is 2.98. The van der Waals surface area contributed by atoms with Crippen LogP contribution in [0.1, 0.15) is 37.0 Å². The average molecular weight is 296 g/mol. The molecule has 2 aromatic carbocycles. The van der Waals surface area contributed by atoms with Crippen molar-refractivity contribution in [2.75, 3.05) is 0 Å². The van der Waals surface area contributed by atoms with Crippen LogP contribution in [-0.2, 0) is 0 Å². The van der Waals surface area contributed by atoms with Gasteiger partial charge in [0.15, 0.2) is 0 Å². The molecule has 5 nitrogen and oxygen atoms in total. The van der Waals surface area contributed by atoms with Gasteiger partial charge in [0, 0.05) is 29.3 Å². The van der Waals surface area contributed by atoms with E-state index in [1.165, 1.54) is 13.0 Å². The number of hydrogen-bond acceptors (Lipinski definition) is 3. The Bertz CT molecular complexity index is 922.